The Morgan fingerprint density at radius 1 is 1.30 bits per heavy atom. The second-order valence-electron chi connectivity index (χ2n) is 5.03. The number of nitrogens with one attached hydrogen (secondary N) is 1. The van der Waals surface area contributed by atoms with Gasteiger partial charge in [0, 0.05) is 19.2 Å². The van der Waals surface area contributed by atoms with Gasteiger partial charge in [0.15, 0.2) is 0 Å². The van der Waals surface area contributed by atoms with Gasteiger partial charge in [0.2, 0.25) is 10.0 Å². The molecule has 20 heavy (non-hydrogen) atoms. The lowest BCUT2D eigenvalue weighted by Gasteiger charge is -2.31. The number of sulfonamides is 1. The van der Waals surface area contributed by atoms with Crippen LogP contribution in [0.1, 0.15) is 12.8 Å². The zero-order chi connectivity index (χ0) is 14.8. The van der Waals surface area contributed by atoms with Gasteiger partial charge in [-0.05, 0) is 44.5 Å². The number of halogens is 2. The molecule has 112 valence electrons. The van der Waals surface area contributed by atoms with Crippen LogP contribution in [0.5, 0.6) is 0 Å². The largest absolute Gasteiger partial charge is 0.319 e. The second kappa shape index (κ2) is 6.15. The second-order valence-corrected chi connectivity index (χ2v) is 6.97. The van der Waals surface area contributed by atoms with E-state index in [1.165, 1.54) is 4.31 Å². The van der Waals surface area contributed by atoms with Crippen LogP contribution < -0.4 is 5.32 Å². The zero-order valence-electron chi connectivity index (χ0n) is 11.3. The molecule has 4 nitrogen and oxygen atoms in total. The molecule has 1 aromatic carbocycles. The van der Waals surface area contributed by atoms with Crippen molar-refractivity contribution >= 4 is 10.0 Å². The molecule has 1 fully saturated rings. The first-order valence-corrected chi connectivity index (χ1v) is 7.98. The smallest absolute Gasteiger partial charge is 0.243 e. The summed E-state index contributed by atoms with van der Waals surface area (Å²) in [6.45, 7) is 1.49. The summed E-state index contributed by atoms with van der Waals surface area (Å²) in [6.07, 6.45) is 1.70. The molecule has 2 rings (SSSR count). The first kappa shape index (κ1) is 15.3. The molecule has 7 heteroatoms. The van der Waals surface area contributed by atoms with Gasteiger partial charge in [0.05, 0.1) is 4.90 Å². The standard InChI is InChI=1S/C13H18F2N2O2S/c1-16-8-10-3-2-4-17(9-10)20(18,19)13-6-11(14)5-12(15)7-13/h5-7,10,16H,2-4,8-9H2,1H3/t10-/m0/s1. The molecule has 0 bridgehead atoms. The van der Waals surface area contributed by atoms with E-state index in [-0.39, 0.29) is 10.8 Å². The van der Waals surface area contributed by atoms with E-state index in [0.717, 1.165) is 31.5 Å². The average molecular weight is 304 g/mol. The Bertz CT molecular complexity index is 555. The number of nitrogens with zero attached hydrogens (tertiary/aromatic N) is 1. The van der Waals surface area contributed by atoms with Crippen molar-refractivity contribution in [2.24, 2.45) is 5.92 Å². The molecule has 0 radical (unpaired) electrons. The van der Waals surface area contributed by atoms with Gasteiger partial charge in [0.1, 0.15) is 11.6 Å². The molecular formula is C13H18F2N2O2S. The summed E-state index contributed by atoms with van der Waals surface area (Å²) in [7, 11) is -2.02. The summed E-state index contributed by atoms with van der Waals surface area (Å²) in [5.74, 6) is -1.54. The molecule has 1 heterocycles. The van der Waals surface area contributed by atoms with Crippen LogP contribution in [-0.2, 0) is 10.0 Å². The van der Waals surface area contributed by atoms with Crippen LogP contribution in [0.2, 0.25) is 0 Å². The topological polar surface area (TPSA) is 49.4 Å². The van der Waals surface area contributed by atoms with Crippen molar-refractivity contribution in [3.63, 3.8) is 0 Å². The van der Waals surface area contributed by atoms with Crippen LogP contribution in [0, 0.1) is 17.6 Å². The fraction of sp³-hybridized carbons (Fsp3) is 0.538. The quantitative estimate of drug-likeness (QED) is 0.919. The highest BCUT2D eigenvalue weighted by Crippen LogP contribution is 2.24. The highest BCUT2D eigenvalue weighted by molar-refractivity contribution is 7.89. The van der Waals surface area contributed by atoms with E-state index in [1.807, 2.05) is 7.05 Å². The van der Waals surface area contributed by atoms with Crippen LogP contribution in [0.15, 0.2) is 23.1 Å². The van der Waals surface area contributed by atoms with Gasteiger partial charge in [-0.15, -0.1) is 0 Å². The molecule has 1 atom stereocenters. The Labute approximate surface area is 117 Å². The molecule has 1 saturated heterocycles. The van der Waals surface area contributed by atoms with Crippen LogP contribution in [-0.4, -0.2) is 39.4 Å². The van der Waals surface area contributed by atoms with Gasteiger partial charge in [-0.2, -0.15) is 4.31 Å². The maximum atomic E-state index is 13.2. The fourth-order valence-electron chi connectivity index (χ4n) is 2.53. The molecule has 1 aromatic rings. The Morgan fingerprint density at radius 2 is 1.95 bits per heavy atom. The first-order chi connectivity index (χ1) is 9.43. The van der Waals surface area contributed by atoms with Gasteiger partial charge in [-0.25, -0.2) is 17.2 Å². The molecular weight excluding hydrogens is 286 g/mol. The number of benzene rings is 1. The molecule has 1 N–H and O–H groups in total. The predicted molar refractivity (Wildman–Crippen MR) is 71.8 cm³/mol. The molecule has 0 unspecified atom stereocenters. The van der Waals surface area contributed by atoms with Gasteiger partial charge in [-0.1, -0.05) is 0 Å². The van der Waals surface area contributed by atoms with E-state index in [2.05, 4.69) is 5.32 Å². The van der Waals surface area contributed by atoms with E-state index in [1.54, 1.807) is 0 Å². The molecule has 0 spiro atoms. The highest BCUT2D eigenvalue weighted by atomic mass is 32.2. The van der Waals surface area contributed by atoms with Crippen molar-refractivity contribution in [1.29, 1.82) is 0 Å². The predicted octanol–water partition coefficient (Wildman–Crippen LogP) is 1.58. The summed E-state index contributed by atoms with van der Waals surface area (Å²) in [5.41, 5.74) is 0. The number of rotatable bonds is 4. The lowest BCUT2D eigenvalue weighted by molar-refractivity contribution is 0.263. The average Bonchev–Trinajstić information content (AvgIpc) is 2.38. The van der Waals surface area contributed by atoms with Crippen LogP contribution in [0.3, 0.4) is 0 Å². The molecule has 0 aromatic heterocycles. The highest BCUT2D eigenvalue weighted by Gasteiger charge is 2.30. The van der Waals surface area contributed by atoms with E-state index in [4.69, 9.17) is 0 Å². The zero-order valence-corrected chi connectivity index (χ0v) is 12.1. The summed E-state index contributed by atoms with van der Waals surface area (Å²) in [4.78, 5) is -0.319. The maximum absolute atomic E-state index is 13.2. The fourth-order valence-corrected chi connectivity index (χ4v) is 4.12. The third kappa shape index (κ3) is 3.34. The van der Waals surface area contributed by atoms with Crippen molar-refractivity contribution in [2.45, 2.75) is 17.7 Å². The molecule has 0 saturated carbocycles. The minimum atomic E-state index is -3.83. The Hall–Kier alpha value is -1.05. The Morgan fingerprint density at radius 3 is 2.55 bits per heavy atom. The van der Waals surface area contributed by atoms with Gasteiger partial charge >= 0.3 is 0 Å². The maximum Gasteiger partial charge on any atom is 0.243 e. The summed E-state index contributed by atoms with van der Waals surface area (Å²) < 4.78 is 52.5. The normalized spacial score (nSPS) is 21.1. The number of hydrogen-bond donors (Lipinski definition) is 1. The molecule has 0 aliphatic carbocycles. The number of piperidine rings is 1. The SMILES string of the molecule is CNC[C@@H]1CCCN(S(=O)(=O)c2cc(F)cc(F)c2)C1. The summed E-state index contributed by atoms with van der Waals surface area (Å²) >= 11 is 0. The minimum absolute atomic E-state index is 0.224. The lowest BCUT2D eigenvalue weighted by atomic mass is 10.00. The third-order valence-corrected chi connectivity index (χ3v) is 5.29. The monoisotopic (exact) mass is 304 g/mol. The minimum Gasteiger partial charge on any atom is -0.319 e. The van der Waals surface area contributed by atoms with E-state index in [9.17, 15) is 17.2 Å². The van der Waals surface area contributed by atoms with Crippen LogP contribution in [0.25, 0.3) is 0 Å². The summed E-state index contributed by atoms with van der Waals surface area (Å²) in [5, 5.41) is 3.03. The van der Waals surface area contributed by atoms with E-state index >= 15 is 0 Å². The van der Waals surface area contributed by atoms with Gasteiger partial charge in [-0.3, -0.25) is 0 Å². The van der Waals surface area contributed by atoms with E-state index in [0.29, 0.717) is 19.2 Å². The molecule has 1 aliphatic rings. The Kier molecular flexibility index (Phi) is 4.72. The van der Waals surface area contributed by atoms with Crippen molar-refractivity contribution < 1.29 is 17.2 Å². The third-order valence-electron chi connectivity index (χ3n) is 3.45. The van der Waals surface area contributed by atoms with Crippen molar-refractivity contribution in [2.75, 3.05) is 26.7 Å². The van der Waals surface area contributed by atoms with Crippen molar-refractivity contribution in [3.05, 3.63) is 29.8 Å². The van der Waals surface area contributed by atoms with Gasteiger partial charge in [0.25, 0.3) is 0 Å². The molecule has 1 aliphatic heterocycles. The van der Waals surface area contributed by atoms with Crippen molar-refractivity contribution in [3.8, 4) is 0 Å². The number of hydrogen-bond acceptors (Lipinski definition) is 3. The summed E-state index contributed by atoms with van der Waals surface area (Å²) in [6, 6.07) is 2.39. The van der Waals surface area contributed by atoms with Gasteiger partial charge < -0.3 is 5.32 Å². The first-order valence-electron chi connectivity index (χ1n) is 6.54. The van der Waals surface area contributed by atoms with Crippen LogP contribution >= 0.6 is 0 Å². The van der Waals surface area contributed by atoms with Crippen molar-refractivity contribution in [1.82, 2.24) is 9.62 Å². The molecule has 0 amide bonds. The van der Waals surface area contributed by atoms with E-state index < -0.39 is 21.7 Å². The lowest BCUT2D eigenvalue weighted by Crippen LogP contribution is -2.42. The Balaban J connectivity index is 2.25. The van der Waals surface area contributed by atoms with Crippen LogP contribution in [0.4, 0.5) is 8.78 Å².